The van der Waals surface area contributed by atoms with Crippen LogP contribution in [0.5, 0.6) is 0 Å². The van der Waals surface area contributed by atoms with Gasteiger partial charge in [0.15, 0.2) is 0 Å². The van der Waals surface area contributed by atoms with Crippen molar-refractivity contribution in [3.05, 3.63) is 44.9 Å². The number of nitrogens with one attached hydrogen (secondary N) is 2. The number of carbonyl (C=O) groups is 8. The number of hydrogen-bond acceptors (Lipinski definition) is 10. The van der Waals surface area contributed by atoms with E-state index in [9.17, 15) is 43.5 Å². The first-order valence-electron chi connectivity index (χ1n) is 23.7. The van der Waals surface area contributed by atoms with Crippen LogP contribution in [0.2, 0.25) is 0 Å². The molecule has 3 N–H and O–H groups in total. The van der Waals surface area contributed by atoms with Gasteiger partial charge >= 0.3 is 5.97 Å². The standard InChI is InChI=1S/C49H74Br2N6O11/c1-12-30(6)42(35(67-10)27-37(59)56-25-19-22-34(56)43(68-11)31(7)44(60)52-33(49(65)66)26-32-20-15-13-16-21-32)55(9)48(64)40(28(2)3)53-45(61)41(29(4)5)54(8)36(58)23-17-14-18-24-57-46(62)38(50)39(51)47(57)63/h13,15-16,20-21,28-31,33-35,40-43H,12,14,17-19,22-27H2,1-11H3,(H,52,60)(H,53,61)(H,65,66)/t30-,31-,33+,34+,35-,40+,41?,42+,43-/m1/s1. The summed E-state index contributed by atoms with van der Waals surface area (Å²) in [6, 6.07) is 4.93. The zero-order valence-corrected chi connectivity index (χ0v) is 44.8. The molecule has 7 amide bonds. The maximum atomic E-state index is 14.6. The maximum absolute atomic E-state index is 14.6. The first-order chi connectivity index (χ1) is 32.0. The van der Waals surface area contributed by atoms with Crippen LogP contribution in [0.15, 0.2) is 39.3 Å². The maximum Gasteiger partial charge on any atom is 0.326 e. The van der Waals surface area contributed by atoms with Gasteiger partial charge in [0.05, 0.1) is 36.6 Å². The molecule has 2 aliphatic rings. The van der Waals surface area contributed by atoms with Crippen LogP contribution < -0.4 is 10.6 Å². The molecule has 0 saturated carbocycles. The minimum Gasteiger partial charge on any atom is -0.480 e. The number of ether oxygens (including phenoxy) is 2. The van der Waals surface area contributed by atoms with E-state index in [0.717, 1.165) is 10.5 Å². The van der Waals surface area contributed by atoms with Gasteiger partial charge in [-0.2, -0.15) is 0 Å². The Morgan fingerprint density at radius 1 is 0.838 bits per heavy atom. The number of likely N-dealkylation sites (tertiary alicyclic amines) is 1. The molecule has 380 valence electrons. The van der Waals surface area contributed by atoms with E-state index in [1.54, 1.807) is 55.1 Å². The van der Waals surface area contributed by atoms with E-state index in [4.69, 9.17) is 9.47 Å². The average Bonchev–Trinajstić information content (AvgIpc) is 3.86. The predicted octanol–water partition coefficient (Wildman–Crippen LogP) is 5.27. The third-order valence-corrected chi connectivity index (χ3v) is 15.4. The third-order valence-electron chi connectivity index (χ3n) is 13.4. The number of imide groups is 1. The molecule has 1 aromatic carbocycles. The van der Waals surface area contributed by atoms with Gasteiger partial charge in [0, 0.05) is 54.2 Å². The van der Waals surface area contributed by atoms with Crippen molar-refractivity contribution in [1.82, 2.24) is 30.2 Å². The molecule has 68 heavy (non-hydrogen) atoms. The van der Waals surface area contributed by atoms with Crippen LogP contribution in [0.4, 0.5) is 0 Å². The number of unbranched alkanes of at least 4 members (excludes halogenated alkanes) is 2. The summed E-state index contributed by atoms with van der Waals surface area (Å²) in [7, 11) is 6.20. The highest BCUT2D eigenvalue weighted by molar-refractivity contribution is 9.14. The van der Waals surface area contributed by atoms with E-state index in [-0.39, 0.29) is 70.2 Å². The summed E-state index contributed by atoms with van der Waals surface area (Å²) in [6.45, 7) is 13.6. The molecule has 19 heteroatoms. The monoisotopic (exact) mass is 1080 g/mol. The van der Waals surface area contributed by atoms with E-state index in [1.807, 2.05) is 47.6 Å². The lowest BCUT2D eigenvalue weighted by atomic mass is 9.89. The van der Waals surface area contributed by atoms with Crippen molar-refractivity contribution >= 4 is 79.2 Å². The second-order valence-electron chi connectivity index (χ2n) is 18.8. The lowest BCUT2D eigenvalue weighted by Crippen LogP contribution is -2.60. The number of amides is 7. The molecule has 2 aliphatic heterocycles. The van der Waals surface area contributed by atoms with Gasteiger partial charge in [0.25, 0.3) is 11.8 Å². The molecule has 1 fully saturated rings. The quantitative estimate of drug-likeness (QED) is 0.0763. The summed E-state index contributed by atoms with van der Waals surface area (Å²) in [5.74, 6) is -5.44. The first-order valence-corrected chi connectivity index (χ1v) is 25.3. The predicted molar refractivity (Wildman–Crippen MR) is 264 cm³/mol. The molecule has 9 atom stereocenters. The zero-order valence-electron chi connectivity index (χ0n) is 41.6. The number of halogens is 2. The lowest BCUT2D eigenvalue weighted by molar-refractivity contribution is -0.149. The number of methoxy groups -OCH3 is 2. The molecular formula is C49H74Br2N6O11. The van der Waals surface area contributed by atoms with Gasteiger partial charge < -0.3 is 39.9 Å². The van der Waals surface area contributed by atoms with Crippen LogP contribution in [-0.4, -0.2) is 156 Å². The number of carboxylic acids is 1. The zero-order chi connectivity index (χ0) is 51.2. The highest BCUT2D eigenvalue weighted by Gasteiger charge is 2.44. The van der Waals surface area contributed by atoms with Crippen molar-refractivity contribution in [2.24, 2.45) is 23.7 Å². The van der Waals surface area contributed by atoms with Crippen LogP contribution in [0.25, 0.3) is 0 Å². The average molecular weight is 1080 g/mol. The van der Waals surface area contributed by atoms with Gasteiger partial charge in [-0.25, -0.2) is 4.79 Å². The number of rotatable bonds is 27. The van der Waals surface area contributed by atoms with Crippen molar-refractivity contribution < 1.29 is 52.9 Å². The Morgan fingerprint density at radius 3 is 1.99 bits per heavy atom. The van der Waals surface area contributed by atoms with E-state index >= 15 is 0 Å². The summed E-state index contributed by atoms with van der Waals surface area (Å²) < 4.78 is 12.3. The van der Waals surface area contributed by atoms with Gasteiger partial charge in [0.1, 0.15) is 27.1 Å². The molecule has 0 bridgehead atoms. The molecule has 0 spiro atoms. The van der Waals surface area contributed by atoms with E-state index in [0.29, 0.717) is 45.1 Å². The molecule has 3 rings (SSSR count). The summed E-state index contributed by atoms with van der Waals surface area (Å²) in [5, 5.41) is 15.6. The smallest absolute Gasteiger partial charge is 0.326 e. The summed E-state index contributed by atoms with van der Waals surface area (Å²) in [5.41, 5.74) is 0.761. The van der Waals surface area contributed by atoms with Crippen molar-refractivity contribution in [2.45, 2.75) is 149 Å². The van der Waals surface area contributed by atoms with Crippen LogP contribution >= 0.6 is 31.9 Å². The number of likely N-dealkylation sites (N-methyl/N-ethyl adjacent to an activating group) is 2. The number of aliphatic carboxylic acids is 1. The molecule has 1 unspecified atom stereocenters. The van der Waals surface area contributed by atoms with E-state index in [2.05, 4.69) is 42.5 Å². The van der Waals surface area contributed by atoms with Crippen molar-refractivity contribution in [3.8, 4) is 0 Å². The Kier molecular flexibility index (Phi) is 23.3. The van der Waals surface area contributed by atoms with Gasteiger partial charge in [-0.15, -0.1) is 0 Å². The summed E-state index contributed by atoms with van der Waals surface area (Å²) in [4.78, 5) is 113. The molecule has 2 heterocycles. The highest BCUT2D eigenvalue weighted by Crippen LogP contribution is 2.31. The molecule has 0 radical (unpaired) electrons. The molecular weight excluding hydrogens is 1010 g/mol. The Morgan fingerprint density at radius 2 is 1.46 bits per heavy atom. The van der Waals surface area contributed by atoms with Crippen LogP contribution in [0.1, 0.15) is 105 Å². The molecule has 1 aromatic rings. The van der Waals surface area contributed by atoms with Crippen LogP contribution in [-0.2, 0) is 54.3 Å². The Bertz CT molecular complexity index is 1940. The topological polar surface area (TPSA) is 212 Å². The third kappa shape index (κ3) is 14.9. The minimum atomic E-state index is -1.16. The Balaban J connectivity index is 1.70. The summed E-state index contributed by atoms with van der Waals surface area (Å²) >= 11 is 6.25. The molecule has 0 aliphatic carbocycles. The molecule has 1 saturated heterocycles. The lowest BCUT2D eigenvalue weighted by Gasteiger charge is -2.41. The normalized spacial score (nSPS) is 18.8. The fourth-order valence-electron chi connectivity index (χ4n) is 9.33. The SMILES string of the molecule is CC[C@@H](C)[C@@H]([C@@H](CC(=O)N1CCC[C@H]1[C@H](OC)[C@@H](C)C(=O)N[C@@H](Cc1ccccc1)C(=O)O)OC)N(C)C(=O)[C@@H](NC(=O)C(C(C)C)N(C)C(=O)CCCCCN1C(=O)C(Br)=C(Br)C1=O)C(C)C. The van der Waals surface area contributed by atoms with Gasteiger partial charge in [-0.1, -0.05) is 91.6 Å². The van der Waals surface area contributed by atoms with Gasteiger partial charge in [-0.05, 0) is 80.9 Å². The Hall–Kier alpha value is -4.20. The Labute approximate surface area is 419 Å². The number of carbonyl (C=O) groups excluding carboxylic acids is 7. The van der Waals surface area contributed by atoms with Crippen LogP contribution in [0.3, 0.4) is 0 Å². The first kappa shape index (κ1) is 58.1. The molecule has 17 nitrogen and oxygen atoms in total. The second-order valence-corrected chi connectivity index (χ2v) is 20.4. The fraction of sp³-hybridized carbons (Fsp3) is 0.673. The van der Waals surface area contributed by atoms with Gasteiger partial charge in [-0.3, -0.25) is 38.5 Å². The highest BCUT2D eigenvalue weighted by atomic mass is 79.9. The minimum absolute atomic E-state index is 0.0862. The van der Waals surface area contributed by atoms with Crippen molar-refractivity contribution in [3.63, 3.8) is 0 Å². The molecule has 0 aromatic heterocycles. The largest absolute Gasteiger partial charge is 0.480 e. The number of carboxylic acid groups (broad SMARTS) is 1. The van der Waals surface area contributed by atoms with E-state index in [1.165, 1.54) is 19.1 Å². The number of hydrogen-bond donors (Lipinski definition) is 3. The van der Waals surface area contributed by atoms with Crippen LogP contribution in [0, 0.1) is 23.7 Å². The van der Waals surface area contributed by atoms with Crippen molar-refractivity contribution in [1.29, 1.82) is 0 Å². The van der Waals surface area contributed by atoms with E-state index < -0.39 is 77.9 Å². The number of benzene rings is 1. The number of nitrogens with zero attached hydrogens (tertiary/aromatic N) is 4. The second kappa shape index (κ2) is 27.3. The summed E-state index contributed by atoms with van der Waals surface area (Å²) in [6.07, 6.45) is 2.09. The fourth-order valence-corrected chi connectivity index (χ4v) is 10.1. The van der Waals surface area contributed by atoms with Crippen molar-refractivity contribution in [2.75, 3.05) is 41.4 Å². The van der Waals surface area contributed by atoms with Gasteiger partial charge in [0.2, 0.25) is 29.5 Å².